The smallest absolute Gasteiger partial charge is 0.266 e. The largest absolute Gasteiger partial charge is 0.478 e. The third-order valence-electron chi connectivity index (χ3n) is 4.18. The number of carbonyl (C=O) groups excluding carboxylic acids is 1. The van der Waals surface area contributed by atoms with Crippen molar-refractivity contribution in [3.8, 4) is 5.75 Å². The Bertz CT molecular complexity index is 689. The van der Waals surface area contributed by atoms with Crippen LogP contribution in [0, 0.1) is 0 Å². The van der Waals surface area contributed by atoms with Crippen LogP contribution >= 0.6 is 11.6 Å². The van der Waals surface area contributed by atoms with Gasteiger partial charge in [-0.3, -0.25) is 4.79 Å². The number of amides is 1. The Kier molecular flexibility index (Phi) is 6.49. The van der Waals surface area contributed by atoms with Crippen LogP contribution in [0.3, 0.4) is 0 Å². The molecule has 0 unspecified atom stereocenters. The lowest BCUT2D eigenvalue weighted by atomic mass is 10.0. The standard InChI is InChI=1S/C21H26ClNO2/c1-5-23(6-2)20(24)21(3,4)25-19-13-9-17(10-14-19)15-16-7-11-18(22)12-8-16/h7-14H,5-6,15H2,1-4H3. The normalized spacial score (nSPS) is 11.2. The molecule has 0 saturated heterocycles. The van der Waals surface area contributed by atoms with E-state index in [0.717, 1.165) is 11.4 Å². The maximum Gasteiger partial charge on any atom is 0.266 e. The van der Waals surface area contributed by atoms with Crippen molar-refractivity contribution in [1.29, 1.82) is 0 Å². The zero-order valence-corrected chi connectivity index (χ0v) is 16.1. The van der Waals surface area contributed by atoms with E-state index in [2.05, 4.69) is 0 Å². The SMILES string of the molecule is CCN(CC)C(=O)C(C)(C)Oc1ccc(Cc2ccc(Cl)cc2)cc1. The summed E-state index contributed by atoms with van der Waals surface area (Å²) in [7, 11) is 0. The fourth-order valence-corrected chi connectivity index (χ4v) is 2.87. The van der Waals surface area contributed by atoms with E-state index in [9.17, 15) is 4.79 Å². The van der Waals surface area contributed by atoms with Crippen molar-refractivity contribution in [2.45, 2.75) is 39.7 Å². The van der Waals surface area contributed by atoms with Gasteiger partial charge in [-0.15, -0.1) is 0 Å². The van der Waals surface area contributed by atoms with Gasteiger partial charge in [-0.25, -0.2) is 0 Å². The molecule has 0 aromatic heterocycles. The van der Waals surface area contributed by atoms with E-state index >= 15 is 0 Å². The zero-order valence-electron chi connectivity index (χ0n) is 15.4. The van der Waals surface area contributed by atoms with Crippen molar-refractivity contribution >= 4 is 17.5 Å². The molecule has 0 aliphatic carbocycles. The van der Waals surface area contributed by atoms with Gasteiger partial charge in [0.15, 0.2) is 5.60 Å². The summed E-state index contributed by atoms with van der Waals surface area (Å²) >= 11 is 5.92. The molecule has 0 heterocycles. The molecule has 0 bridgehead atoms. The maximum atomic E-state index is 12.6. The number of ether oxygens (including phenoxy) is 1. The van der Waals surface area contributed by atoms with Crippen molar-refractivity contribution in [1.82, 2.24) is 4.90 Å². The van der Waals surface area contributed by atoms with Crippen LogP contribution in [0.25, 0.3) is 0 Å². The molecule has 1 amide bonds. The topological polar surface area (TPSA) is 29.5 Å². The molecule has 2 rings (SSSR count). The van der Waals surface area contributed by atoms with E-state index < -0.39 is 5.60 Å². The van der Waals surface area contributed by atoms with Crippen molar-refractivity contribution in [2.24, 2.45) is 0 Å². The molecule has 0 aliphatic heterocycles. The lowest BCUT2D eigenvalue weighted by Gasteiger charge is -2.31. The van der Waals surface area contributed by atoms with Gasteiger partial charge in [0.1, 0.15) is 5.75 Å². The molecule has 3 nitrogen and oxygen atoms in total. The first-order valence-corrected chi connectivity index (χ1v) is 9.05. The second-order valence-corrected chi connectivity index (χ2v) is 6.97. The van der Waals surface area contributed by atoms with Crippen LogP contribution < -0.4 is 4.74 Å². The van der Waals surface area contributed by atoms with Gasteiger partial charge in [-0.2, -0.15) is 0 Å². The summed E-state index contributed by atoms with van der Waals surface area (Å²) in [4.78, 5) is 14.3. The molecule has 0 radical (unpaired) electrons. The second-order valence-electron chi connectivity index (χ2n) is 6.54. The molecule has 134 valence electrons. The van der Waals surface area contributed by atoms with Crippen LogP contribution in [-0.4, -0.2) is 29.5 Å². The van der Waals surface area contributed by atoms with Crippen LogP contribution in [0.4, 0.5) is 0 Å². The average molecular weight is 360 g/mol. The van der Waals surface area contributed by atoms with Crippen LogP contribution in [0.2, 0.25) is 5.02 Å². The summed E-state index contributed by atoms with van der Waals surface area (Å²) in [5, 5.41) is 0.743. The minimum atomic E-state index is -0.885. The van der Waals surface area contributed by atoms with Gasteiger partial charge in [0.2, 0.25) is 0 Å². The number of halogens is 1. The Balaban J connectivity index is 2.04. The predicted molar refractivity (Wildman–Crippen MR) is 103 cm³/mol. The van der Waals surface area contributed by atoms with E-state index in [0.29, 0.717) is 18.8 Å². The minimum Gasteiger partial charge on any atom is -0.478 e. The first-order valence-electron chi connectivity index (χ1n) is 8.67. The second kappa shape index (κ2) is 8.39. The van der Waals surface area contributed by atoms with Gasteiger partial charge in [-0.1, -0.05) is 35.9 Å². The number of carbonyl (C=O) groups is 1. The summed E-state index contributed by atoms with van der Waals surface area (Å²) in [6, 6.07) is 15.7. The quantitative estimate of drug-likeness (QED) is 0.699. The molecular formula is C21H26ClNO2. The molecule has 2 aromatic rings. The van der Waals surface area contributed by atoms with E-state index in [1.54, 1.807) is 4.90 Å². The highest BCUT2D eigenvalue weighted by Crippen LogP contribution is 2.22. The van der Waals surface area contributed by atoms with Crippen LogP contribution in [-0.2, 0) is 11.2 Å². The third kappa shape index (κ3) is 5.23. The average Bonchev–Trinajstić information content (AvgIpc) is 2.59. The fourth-order valence-electron chi connectivity index (χ4n) is 2.74. The van der Waals surface area contributed by atoms with Gasteiger partial charge in [0, 0.05) is 18.1 Å². The van der Waals surface area contributed by atoms with Gasteiger partial charge in [0.25, 0.3) is 5.91 Å². The van der Waals surface area contributed by atoms with Crippen LogP contribution in [0.5, 0.6) is 5.75 Å². The number of rotatable bonds is 7. The molecule has 0 fully saturated rings. The van der Waals surface area contributed by atoms with Crippen molar-refractivity contribution in [3.05, 3.63) is 64.7 Å². The Morgan fingerprint density at radius 1 is 0.960 bits per heavy atom. The minimum absolute atomic E-state index is 0.00254. The first kappa shape index (κ1) is 19.3. The molecule has 0 aliphatic rings. The summed E-state index contributed by atoms with van der Waals surface area (Å²) in [5.41, 5.74) is 1.50. The van der Waals surface area contributed by atoms with E-state index in [-0.39, 0.29) is 5.91 Å². The summed E-state index contributed by atoms with van der Waals surface area (Å²) in [6.45, 7) is 8.95. The third-order valence-corrected chi connectivity index (χ3v) is 4.44. The number of nitrogens with zero attached hydrogens (tertiary/aromatic N) is 1. The first-order chi connectivity index (χ1) is 11.9. The summed E-state index contributed by atoms with van der Waals surface area (Å²) in [6.07, 6.45) is 0.833. The lowest BCUT2D eigenvalue weighted by molar-refractivity contribution is -0.145. The Hall–Kier alpha value is -2.00. The highest BCUT2D eigenvalue weighted by molar-refractivity contribution is 6.30. The van der Waals surface area contributed by atoms with Gasteiger partial charge >= 0.3 is 0 Å². The van der Waals surface area contributed by atoms with Gasteiger partial charge in [0.05, 0.1) is 0 Å². The number of likely N-dealkylation sites (N-methyl/N-ethyl adjacent to an activating group) is 1. The van der Waals surface area contributed by atoms with Crippen LogP contribution in [0.15, 0.2) is 48.5 Å². The molecule has 0 spiro atoms. The summed E-state index contributed by atoms with van der Waals surface area (Å²) < 4.78 is 5.96. The van der Waals surface area contributed by atoms with Crippen molar-refractivity contribution in [3.63, 3.8) is 0 Å². The molecule has 0 N–H and O–H groups in total. The Morgan fingerprint density at radius 3 is 1.92 bits per heavy atom. The number of hydrogen-bond donors (Lipinski definition) is 0. The van der Waals surface area contributed by atoms with E-state index in [1.165, 1.54) is 11.1 Å². The van der Waals surface area contributed by atoms with Crippen molar-refractivity contribution in [2.75, 3.05) is 13.1 Å². The highest BCUT2D eigenvalue weighted by atomic mass is 35.5. The molecular weight excluding hydrogens is 334 g/mol. The zero-order chi connectivity index (χ0) is 18.4. The fraction of sp³-hybridized carbons (Fsp3) is 0.381. The molecule has 25 heavy (non-hydrogen) atoms. The van der Waals surface area contributed by atoms with Gasteiger partial charge in [-0.05, 0) is 69.5 Å². The Morgan fingerprint density at radius 2 is 1.44 bits per heavy atom. The van der Waals surface area contributed by atoms with Crippen molar-refractivity contribution < 1.29 is 9.53 Å². The molecule has 0 saturated carbocycles. The molecule has 0 atom stereocenters. The predicted octanol–water partition coefficient (Wildman–Crippen LogP) is 4.96. The molecule has 4 heteroatoms. The van der Waals surface area contributed by atoms with Crippen LogP contribution in [0.1, 0.15) is 38.8 Å². The highest BCUT2D eigenvalue weighted by Gasteiger charge is 2.33. The monoisotopic (exact) mass is 359 g/mol. The lowest BCUT2D eigenvalue weighted by Crippen LogP contribution is -2.48. The Labute approximate surface area is 155 Å². The number of benzene rings is 2. The van der Waals surface area contributed by atoms with E-state index in [1.807, 2.05) is 76.2 Å². The maximum absolute atomic E-state index is 12.6. The molecule has 2 aromatic carbocycles. The summed E-state index contributed by atoms with van der Waals surface area (Å²) in [5.74, 6) is 0.702. The van der Waals surface area contributed by atoms with Gasteiger partial charge < -0.3 is 9.64 Å². The number of hydrogen-bond acceptors (Lipinski definition) is 2. The van der Waals surface area contributed by atoms with E-state index in [4.69, 9.17) is 16.3 Å².